The lowest BCUT2D eigenvalue weighted by Crippen LogP contribution is -2.47. The number of piperazine rings is 1. The number of aromatic nitrogens is 1. The van der Waals surface area contributed by atoms with Gasteiger partial charge >= 0.3 is 6.03 Å². The van der Waals surface area contributed by atoms with Crippen LogP contribution in [0.4, 0.5) is 31.9 Å². The molecule has 418 valence electrons. The van der Waals surface area contributed by atoms with Crippen LogP contribution in [0.2, 0.25) is 0 Å². The average Bonchev–Trinajstić information content (AvgIpc) is 4.31. The Balaban J connectivity index is 0.000000302. The molecule has 0 radical (unpaired) electrons. The second kappa shape index (κ2) is 30.2. The van der Waals surface area contributed by atoms with E-state index in [1.165, 1.54) is 69.6 Å². The summed E-state index contributed by atoms with van der Waals surface area (Å²) in [5.41, 5.74) is 4.30. The molecule has 7 rings (SSSR count). The van der Waals surface area contributed by atoms with Crippen LogP contribution >= 0.6 is 0 Å². The molecule has 2 aliphatic heterocycles. The lowest BCUT2D eigenvalue weighted by atomic mass is 9.82. The third-order valence-electron chi connectivity index (χ3n) is 14.9. The van der Waals surface area contributed by atoms with Crippen molar-refractivity contribution in [2.75, 3.05) is 94.4 Å². The van der Waals surface area contributed by atoms with Crippen molar-refractivity contribution in [2.24, 2.45) is 17.8 Å². The Morgan fingerprint density at radius 3 is 2.12 bits per heavy atom. The molecule has 77 heavy (non-hydrogen) atoms. The van der Waals surface area contributed by atoms with Crippen LogP contribution in [0.5, 0.6) is 0 Å². The van der Waals surface area contributed by atoms with Gasteiger partial charge in [0.05, 0.1) is 34.5 Å². The fourth-order valence-corrected chi connectivity index (χ4v) is 9.99. The first-order valence-electron chi connectivity index (χ1n) is 27.4. The maximum absolute atomic E-state index is 15.0. The zero-order valence-electron chi connectivity index (χ0n) is 46.9. The molecule has 1 aromatic heterocycles. The average molecular weight is 1060 g/mol. The minimum absolute atomic E-state index is 0.0156. The fraction of sp³-hybridized carbons (Fsp3) is 0.525. The summed E-state index contributed by atoms with van der Waals surface area (Å²) in [6.45, 7) is 17.2. The van der Waals surface area contributed by atoms with E-state index in [1.807, 2.05) is 20.0 Å². The minimum atomic E-state index is -0.578. The maximum Gasteiger partial charge on any atom is 0.329 e. The van der Waals surface area contributed by atoms with Crippen molar-refractivity contribution in [1.82, 2.24) is 29.9 Å². The van der Waals surface area contributed by atoms with E-state index in [1.54, 1.807) is 76.3 Å². The van der Waals surface area contributed by atoms with Gasteiger partial charge in [0.1, 0.15) is 24.2 Å². The van der Waals surface area contributed by atoms with Crippen molar-refractivity contribution in [3.05, 3.63) is 101 Å². The summed E-state index contributed by atoms with van der Waals surface area (Å²) in [4.78, 5) is 103. The Morgan fingerprint density at radius 2 is 1.53 bits per heavy atom. The highest BCUT2D eigenvalue weighted by Crippen LogP contribution is 2.36. The van der Waals surface area contributed by atoms with Gasteiger partial charge in [0, 0.05) is 109 Å². The van der Waals surface area contributed by atoms with Crippen LogP contribution in [0.15, 0.2) is 83.6 Å². The number of benzene rings is 2. The van der Waals surface area contributed by atoms with Crippen LogP contribution < -0.4 is 25.8 Å². The second-order valence-electron chi connectivity index (χ2n) is 20.8. The van der Waals surface area contributed by atoms with Gasteiger partial charge < -0.3 is 50.0 Å². The van der Waals surface area contributed by atoms with Gasteiger partial charge in [-0.1, -0.05) is 31.6 Å². The number of aryl methyl sites for hydroxylation is 1. The molecular formula is C59H83FN10O7. The summed E-state index contributed by atoms with van der Waals surface area (Å²) in [5.74, 6) is -0.565. The number of hydrogen-bond acceptors (Lipinski definition) is 12. The summed E-state index contributed by atoms with van der Waals surface area (Å²) in [6.07, 6.45) is 14.1. The number of carbonyl (C=O) groups is 7. The quantitative estimate of drug-likeness (QED) is 0.0558. The van der Waals surface area contributed by atoms with Crippen LogP contribution in [0, 0.1) is 30.5 Å². The van der Waals surface area contributed by atoms with Gasteiger partial charge in [-0.2, -0.15) is 0 Å². The van der Waals surface area contributed by atoms with Gasteiger partial charge in [0.15, 0.2) is 6.29 Å². The first kappa shape index (κ1) is 61.1. The van der Waals surface area contributed by atoms with Crippen LogP contribution in [0.25, 0.3) is 0 Å². The number of nitrogens with zero attached hydrogens (tertiary/aromatic N) is 7. The minimum Gasteiger partial charge on any atom is -0.370 e. The molecule has 4 aliphatic rings. The Bertz CT molecular complexity index is 2540. The number of hydrogen-bond donors (Lipinski definition) is 3. The number of piperidine rings is 1. The third-order valence-corrected chi connectivity index (χ3v) is 14.9. The van der Waals surface area contributed by atoms with Crippen molar-refractivity contribution in [3.8, 4) is 0 Å². The monoisotopic (exact) mass is 1060 g/mol. The molecule has 2 saturated heterocycles. The van der Waals surface area contributed by atoms with Gasteiger partial charge in [-0.05, 0) is 139 Å². The van der Waals surface area contributed by atoms with Crippen molar-refractivity contribution in [1.29, 1.82) is 0 Å². The van der Waals surface area contributed by atoms with Gasteiger partial charge in [-0.15, -0.1) is 0 Å². The van der Waals surface area contributed by atoms with Crippen molar-refractivity contribution in [2.45, 2.75) is 111 Å². The normalized spacial score (nSPS) is 18.5. The molecule has 2 aliphatic carbocycles. The highest BCUT2D eigenvalue weighted by molar-refractivity contribution is 6.01. The molecule has 3 N–H and O–H groups in total. The summed E-state index contributed by atoms with van der Waals surface area (Å²) >= 11 is 0. The van der Waals surface area contributed by atoms with E-state index in [0.29, 0.717) is 73.7 Å². The molecule has 4 fully saturated rings. The predicted octanol–water partition coefficient (Wildman–Crippen LogP) is 8.38. The fourth-order valence-electron chi connectivity index (χ4n) is 9.99. The molecular weight excluding hydrogens is 980 g/mol. The molecule has 3 heterocycles. The number of anilines is 4. The highest BCUT2D eigenvalue weighted by Gasteiger charge is 2.36. The zero-order valence-corrected chi connectivity index (χ0v) is 46.9. The molecule has 1 unspecified atom stereocenters. The number of amides is 5. The number of carbonyl (C=O) groups excluding carboxylic acids is 7. The van der Waals surface area contributed by atoms with Gasteiger partial charge in [-0.25, -0.2) is 9.18 Å². The molecule has 5 amide bonds. The molecule has 2 aromatic carbocycles. The van der Waals surface area contributed by atoms with E-state index in [4.69, 9.17) is 0 Å². The SMILES string of the molecule is CC.CC(C)=C(/C(C=O)=C(/Nc1ccc(C)cc1F)N(C)C=O)N(C(=O)N(C)C1CC1)c1cccc(NC(=O)C2CCC(C=O)CC2)c1.CNC(=O)CCC(C=O)c1cncc(N2CCC(CN3CCN(C)CC3)CC2)c1. The van der Waals surface area contributed by atoms with E-state index in [-0.39, 0.29) is 58.4 Å². The predicted molar refractivity (Wildman–Crippen MR) is 302 cm³/mol. The Labute approximate surface area is 455 Å². The number of halogens is 1. The molecule has 17 nitrogen and oxygen atoms in total. The number of likely N-dealkylation sites (N-methyl/N-ethyl adjacent to an activating group) is 1. The number of aldehydes is 3. The van der Waals surface area contributed by atoms with E-state index in [9.17, 15) is 38.0 Å². The maximum atomic E-state index is 15.0. The summed E-state index contributed by atoms with van der Waals surface area (Å²) in [5, 5.41) is 8.48. The van der Waals surface area contributed by atoms with E-state index >= 15 is 0 Å². The van der Waals surface area contributed by atoms with Crippen LogP contribution in [0.1, 0.15) is 109 Å². The molecule has 0 spiro atoms. The van der Waals surface area contributed by atoms with Gasteiger partial charge in [0.2, 0.25) is 18.2 Å². The molecule has 2 saturated carbocycles. The molecule has 1 atom stereocenters. The van der Waals surface area contributed by atoms with Gasteiger partial charge in [0.25, 0.3) is 0 Å². The number of urea groups is 1. The lowest BCUT2D eigenvalue weighted by molar-refractivity contribution is -0.122. The lowest BCUT2D eigenvalue weighted by Gasteiger charge is -2.38. The van der Waals surface area contributed by atoms with Crippen LogP contribution in [-0.2, 0) is 28.8 Å². The summed E-state index contributed by atoms with van der Waals surface area (Å²) in [6, 6.07) is 13.0. The zero-order chi connectivity index (χ0) is 56.2. The second-order valence-corrected chi connectivity index (χ2v) is 20.8. The number of pyridine rings is 1. The smallest absolute Gasteiger partial charge is 0.329 e. The Hall–Kier alpha value is -6.79. The van der Waals surface area contributed by atoms with Crippen LogP contribution in [-0.4, -0.2) is 148 Å². The summed E-state index contributed by atoms with van der Waals surface area (Å²) in [7, 11) is 6.94. The van der Waals surface area contributed by atoms with Gasteiger partial charge in [-0.3, -0.25) is 29.1 Å². The standard InChI is InChI=1S/C35H42FN5O5.C22H35N5O2.C2H6/c1-22(2)32(29(20-43)33(39(4)21-44)38-31-16-9-23(3)17-30(31)36)41(35(46)40(5)27-14-15-27)28-8-6-7-26(18-28)37-34(45)25-12-10-24(19-42)11-13-25;1-23-22(29)4-3-19(17-28)20-13-21(15-24-14-20)27-7-5-18(6-8-27)16-26-11-9-25(2)10-12-26;1-2/h6-9,16-21,24-25,27,38H,10-15H2,1-5H3,(H,37,45);13-15,17-19H,3-12,16H2,1-2H3,(H,23,29);1-2H3/b33-29-;;. The Kier molecular flexibility index (Phi) is 24.0. The first-order chi connectivity index (χ1) is 37.1. The third kappa shape index (κ3) is 17.4. The molecule has 0 bridgehead atoms. The van der Waals surface area contributed by atoms with E-state index < -0.39 is 11.8 Å². The van der Waals surface area contributed by atoms with Crippen molar-refractivity contribution >= 4 is 65.9 Å². The van der Waals surface area contributed by atoms with Crippen LogP contribution in [0.3, 0.4) is 0 Å². The van der Waals surface area contributed by atoms with E-state index in [0.717, 1.165) is 60.6 Å². The summed E-state index contributed by atoms with van der Waals surface area (Å²) < 4.78 is 15.0. The number of rotatable bonds is 20. The van der Waals surface area contributed by atoms with Crippen molar-refractivity contribution < 1.29 is 38.0 Å². The number of allylic oxidation sites excluding steroid dienone is 2. The van der Waals surface area contributed by atoms with E-state index in [2.05, 4.69) is 48.7 Å². The largest absolute Gasteiger partial charge is 0.370 e. The highest BCUT2D eigenvalue weighted by atomic mass is 19.1. The topological polar surface area (TPSA) is 188 Å². The van der Waals surface area contributed by atoms with Crippen molar-refractivity contribution in [3.63, 3.8) is 0 Å². The molecule has 18 heteroatoms. The molecule has 3 aromatic rings. The Morgan fingerprint density at radius 1 is 0.844 bits per heavy atom. The first-order valence-corrected chi connectivity index (χ1v) is 27.4. The number of nitrogens with one attached hydrogen (secondary N) is 3.